The van der Waals surface area contributed by atoms with E-state index in [1.165, 1.54) is 25.5 Å². The number of nitrogens with two attached hydrogens (primary N) is 9. The van der Waals surface area contributed by atoms with Gasteiger partial charge in [-0.3, -0.25) is 52.9 Å². The third kappa shape index (κ3) is 28.6. The molecule has 0 aromatic carbocycles. The number of halogens is 1. The molecular formula is C53H97FN22O10. The Morgan fingerprint density at radius 2 is 1.23 bits per heavy atom. The molecule has 486 valence electrons. The third-order valence-corrected chi connectivity index (χ3v) is 13.7. The number of nitrogens with zero attached hydrogens (tertiary/aromatic N) is 3. The molecule has 0 saturated carbocycles. The molecular weight excluding hydrogens is 1120 g/mol. The minimum Gasteiger partial charge on any atom is -0.370 e. The number of hydrogen-bond donors (Lipinski definition) is 19. The van der Waals surface area contributed by atoms with Crippen LogP contribution in [0.2, 0.25) is 0 Å². The highest BCUT2D eigenvalue weighted by Gasteiger charge is 2.43. The Balaban J connectivity index is 2.35. The molecule has 33 heteroatoms. The van der Waals surface area contributed by atoms with Crippen molar-refractivity contribution < 1.29 is 52.3 Å². The standard InChI is InChI=1S/C53H97FN22O10/c1-32(69-47(81)39(17-23-60)71-45(79)35(61)12-2-5-18-55)44(78)67-29-43(77)70-40(15-10-22-59)52(86)76-30-33(54)26-42(76)51(85)75-41(27-34-28-64-31-68-34)50(84)74-37(14-4-7-20-57)48(82)73-38(16-11-25-66-53(62)63)49(83)72-36(13-3-6-19-56)46(80)65-24-9-8-21-58/h16,28,31-33,35-37,39-42H,2-15,17-27,29-30,55-61H2,1H3,(H,64,68)(H,65,80)(H,67,78)(H,69,81)(H,70,77)(H,71,79)(H,72,83)(H,73,82)(H,74,84)(H,75,85)(H4,62,63,66)/b38-16-/t32-,33-,35-,36-,37-,39-,40+,41-,42-/m0/s1. The van der Waals surface area contributed by atoms with E-state index < -0.39 is 133 Å². The molecule has 10 amide bonds. The van der Waals surface area contributed by atoms with Crippen LogP contribution in [-0.4, -0.2) is 200 Å². The first-order valence-electron chi connectivity index (χ1n) is 29.5. The highest BCUT2D eigenvalue weighted by atomic mass is 19.1. The summed E-state index contributed by atoms with van der Waals surface area (Å²) in [6.07, 6.45) is 6.62. The molecule has 1 aliphatic heterocycles. The normalized spacial score (nSPS) is 16.4. The van der Waals surface area contributed by atoms with E-state index in [1.54, 1.807) is 0 Å². The summed E-state index contributed by atoms with van der Waals surface area (Å²) in [4.78, 5) is 149. The molecule has 1 fully saturated rings. The van der Waals surface area contributed by atoms with E-state index in [2.05, 4.69) is 62.8 Å². The van der Waals surface area contributed by atoms with Gasteiger partial charge >= 0.3 is 0 Å². The highest BCUT2D eigenvalue weighted by Crippen LogP contribution is 2.23. The van der Waals surface area contributed by atoms with Crippen molar-refractivity contribution in [3.63, 3.8) is 0 Å². The third-order valence-electron chi connectivity index (χ3n) is 13.7. The SMILES string of the molecule is C[C@H](NC(=O)[C@H](CCN)NC(=O)[C@@H](N)CCCCN)C(=O)NCC(=O)N[C@H](CCCN)C(=O)N1C[C@@H](F)C[C@H]1C(=O)N[C@@H](Cc1cnc[nH]1)C(=O)N[C@@H](CCCCN)C(=O)N/C(=C\CCN=C(N)N)C(=O)N[C@@H](CCCCN)C(=O)NCCCCN. The average Bonchev–Trinajstić information content (AvgIpc) is 4.16. The minimum absolute atomic E-state index is 0.0114. The molecule has 0 spiro atoms. The van der Waals surface area contributed by atoms with Gasteiger partial charge in [-0.1, -0.05) is 12.5 Å². The molecule has 1 aliphatic rings. The van der Waals surface area contributed by atoms with Gasteiger partial charge in [0.2, 0.25) is 53.2 Å². The van der Waals surface area contributed by atoms with Crippen molar-refractivity contribution in [2.75, 3.05) is 65.4 Å². The van der Waals surface area contributed by atoms with Crippen molar-refractivity contribution in [1.82, 2.24) is 62.7 Å². The van der Waals surface area contributed by atoms with Crippen LogP contribution in [0.1, 0.15) is 115 Å². The molecule has 2 rings (SSSR count). The Kier molecular flexibility index (Phi) is 36.8. The molecule has 1 aromatic rings. The van der Waals surface area contributed by atoms with Crippen LogP contribution in [0.25, 0.3) is 0 Å². The zero-order chi connectivity index (χ0) is 64.0. The Morgan fingerprint density at radius 1 is 0.651 bits per heavy atom. The molecule has 0 bridgehead atoms. The summed E-state index contributed by atoms with van der Waals surface area (Å²) < 4.78 is 15.5. The van der Waals surface area contributed by atoms with Crippen LogP contribution in [0.5, 0.6) is 0 Å². The topological polar surface area (TPSA) is 557 Å². The number of likely N-dealkylation sites (tertiary alicyclic amines) is 1. The molecule has 1 aromatic heterocycles. The van der Waals surface area contributed by atoms with E-state index in [1.807, 2.05) is 0 Å². The second-order valence-electron chi connectivity index (χ2n) is 20.9. The summed E-state index contributed by atoms with van der Waals surface area (Å²) in [6, 6.07) is -10.1. The summed E-state index contributed by atoms with van der Waals surface area (Å²) in [7, 11) is 0. The van der Waals surface area contributed by atoms with Gasteiger partial charge in [0.25, 0.3) is 5.91 Å². The van der Waals surface area contributed by atoms with Crippen LogP contribution >= 0.6 is 0 Å². The number of aromatic amines is 1. The van der Waals surface area contributed by atoms with Gasteiger partial charge in [0.1, 0.15) is 54.2 Å². The number of rotatable bonds is 44. The number of alkyl halides is 1. The van der Waals surface area contributed by atoms with Crippen molar-refractivity contribution in [1.29, 1.82) is 0 Å². The lowest BCUT2D eigenvalue weighted by Gasteiger charge is -2.30. The molecule has 0 aliphatic carbocycles. The average molecular weight is 1220 g/mol. The van der Waals surface area contributed by atoms with E-state index in [-0.39, 0.29) is 82.8 Å². The van der Waals surface area contributed by atoms with E-state index in [9.17, 15) is 47.9 Å². The maximum atomic E-state index is 15.5. The van der Waals surface area contributed by atoms with Crippen molar-refractivity contribution in [3.8, 4) is 0 Å². The maximum Gasteiger partial charge on any atom is 0.268 e. The number of nitrogens with one attached hydrogen (secondary N) is 10. The van der Waals surface area contributed by atoms with Crippen molar-refractivity contribution >= 4 is 65.0 Å². The van der Waals surface area contributed by atoms with Gasteiger partial charge in [-0.05, 0) is 136 Å². The second-order valence-corrected chi connectivity index (χ2v) is 20.9. The predicted octanol–water partition coefficient (Wildman–Crippen LogP) is -6.74. The molecule has 86 heavy (non-hydrogen) atoms. The molecule has 32 nitrogen and oxygen atoms in total. The summed E-state index contributed by atoms with van der Waals surface area (Å²) in [5.41, 5.74) is 51.1. The van der Waals surface area contributed by atoms with Crippen molar-refractivity contribution in [2.24, 2.45) is 56.6 Å². The summed E-state index contributed by atoms with van der Waals surface area (Å²) in [6.45, 7) is 1.90. The number of H-pyrrole nitrogens is 1. The van der Waals surface area contributed by atoms with Crippen molar-refractivity contribution in [3.05, 3.63) is 30.0 Å². The molecule has 1 saturated heterocycles. The Labute approximate surface area is 501 Å². The number of aliphatic imine (C=N–C) groups is 1. The summed E-state index contributed by atoms with van der Waals surface area (Å²) in [5, 5.41) is 23.3. The fourth-order valence-electron chi connectivity index (χ4n) is 8.91. The molecule has 0 radical (unpaired) electrons. The van der Waals surface area contributed by atoms with Gasteiger partial charge in [0.05, 0.1) is 25.5 Å². The van der Waals surface area contributed by atoms with Gasteiger partial charge < -0.3 is 109 Å². The fraction of sp³-hybridized carbons (Fsp3) is 0.698. The van der Waals surface area contributed by atoms with Gasteiger partial charge in [-0.25, -0.2) is 9.37 Å². The Bertz CT molecular complexity index is 2350. The van der Waals surface area contributed by atoms with Crippen LogP contribution in [0.3, 0.4) is 0 Å². The number of amides is 10. The zero-order valence-corrected chi connectivity index (χ0v) is 49.5. The first-order chi connectivity index (χ1) is 41.1. The van der Waals surface area contributed by atoms with E-state index in [0.29, 0.717) is 89.7 Å². The van der Waals surface area contributed by atoms with Gasteiger partial charge in [-0.15, -0.1) is 0 Å². The maximum absolute atomic E-state index is 15.5. The first kappa shape index (κ1) is 74.7. The Hall–Kier alpha value is -7.43. The van der Waals surface area contributed by atoms with Crippen LogP contribution in [0.4, 0.5) is 4.39 Å². The quantitative estimate of drug-likeness (QED) is 0.0125. The largest absolute Gasteiger partial charge is 0.370 e. The lowest BCUT2D eigenvalue weighted by molar-refractivity contribution is -0.142. The van der Waals surface area contributed by atoms with E-state index in [4.69, 9.17) is 51.6 Å². The zero-order valence-electron chi connectivity index (χ0n) is 49.5. The number of hydrogen-bond acceptors (Lipinski definition) is 19. The van der Waals surface area contributed by atoms with Crippen LogP contribution in [0.15, 0.2) is 29.3 Å². The monoisotopic (exact) mass is 1220 g/mol. The molecule has 9 atom stereocenters. The number of aromatic nitrogens is 2. The second kappa shape index (κ2) is 42.4. The van der Waals surface area contributed by atoms with Crippen LogP contribution in [-0.2, 0) is 54.4 Å². The minimum atomic E-state index is -1.72. The number of unbranched alkanes of at least 4 members (excludes halogenated alkanes) is 4. The smallest absolute Gasteiger partial charge is 0.268 e. The van der Waals surface area contributed by atoms with Crippen LogP contribution < -0.4 is 99.5 Å². The summed E-state index contributed by atoms with van der Waals surface area (Å²) >= 11 is 0. The predicted molar refractivity (Wildman–Crippen MR) is 319 cm³/mol. The number of carbonyl (C=O) groups is 10. The number of carbonyl (C=O) groups excluding carboxylic acids is 10. The summed E-state index contributed by atoms with van der Waals surface area (Å²) in [5.74, 6) is -8.11. The van der Waals surface area contributed by atoms with E-state index in [0.717, 1.165) is 4.90 Å². The lowest BCUT2D eigenvalue weighted by atomic mass is 10.0. The molecule has 2 heterocycles. The van der Waals surface area contributed by atoms with Gasteiger partial charge in [0.15, 0.2) is 5.96 Å². The molecule has 28 N–H and O–H groups in total. The fourth-order valence-corrected chi connectivity index (χ4v) is 8.91. The van der Waals surface area contributed by atoms with Crippen molar-refractivity contribution in [2.45, 2.75) is 171 Å². The van der Waals surface area contributed by atoms with E-state index >= 15 is 4.39 Å². The highest BCUT2D eigenvalue weighted by molar-refractivity contribution is 6.02. The molecule has 0 unspecified atom stereocenters. The number of guanidine groups is 1. The van der Waals surface area contributed by atoms with Gasteiger partial charge in [-0.2, -0.15) is 0 Å². The van der Waals surface area contributed by atoms with Crippen LogP contribution in [0, 0.1) is 0 Å². The van der Waals surface area contributed by atoms with Gasteiger partial charge in [0, 0.05) is 37.8 Å². The Morgan fingerprint density at radius 3 is 1.84 bits per heavy atom. The lowest BCUT2D eigenvalue weighted by Crippen LogP contribution is -2.59. The first-order valence-corrected chi connectivity index (χ1v) is 29.5. The number of imidazole rings is 1.